The molecule has 2 unspecified atom stereocenters. The van der Waals surface area contributed by atoms with Gasteiger partial charge in [-0.15, -0.1) is 0 Å². The van der Waals surface area contributed by atoms with Crippen molar-refractivity contribution in [3.63, 3.8) is 0 Å². The van der Waals surface area contributed by atoms with Gasteiger partial charge < -0.3 is 10.2 Å². The summed E-state index contributed by atoms with van der Waals surface area (Å²) in [5.41, 5.74) is 1.66. The van der Waals surface area contributed by atoms with Crippen LogP contribution in [0.4, 0.5) is 10.1 Å². The average molecular weight is 341 g/mol. The molecule has 1 saturated carbocycles. The first-order valence-electron chi connectivity index (χ1n) is 8.25. The Bertz CT molecular complexity index is 749. The van der Waals surface area contributed by atoms with E-state index in [0.717, 1.165) is 12.0 Å². The normalized spacial score (nSPS) is 18.5. The molecule has 1 aliphatic rings. The van der Waals surface area contributed by atoms with Crippen molar-refractivity contribution in [2.24, 2.45) is 11.8 Å². The lowest BCUT2D eigenvalue weighted by molar-refractivity contribution is -0.132. The molecule has 1 fully saturated rings. The number of hydrogen-bond donors (Lipinski definition) is 1. The zero-order chi connectivity index (χ0) is 17.8. The maximum atomic E-state index is 12.9. The number of halogens is 1. The van der Waals surface area contributed by atoms with Gasteiger partial charge in [0, 0.05) is 31.7 Å². The summed E-state index contributed by atoms with van der Waals surface area (Å²) in [5.74, 6) is -1.11. The second kappa shape index (κ2) is 7.42. The van der Waals surface area contributed by atoms with Crippen LogP contribution in [0.2, 0.25) is 0 Å². The first kappa shape index (κ1) is 17.1. The number of nitrogens with zero attached hydrogens (tertiary/aromatic N) is 2. The topological polar surface area (TPSA) is 62.3 Å². The molecule has 3 rings (SSSR count). The molecule has 1 aliphatic carbocycles. The average Bonchev–Trinajstić information content (AvgIpc) is 3.43. The van der Waals surface area contributed by atoms with Crippen LogP contribution in [-0.2, 0) is 16.0 Å². The highest BCUT2D eigenvalue weighted by molar-refractivity contribution is 5.99. The molecular weight excluding hydrogens is 321 g/mol. The van der Waals surface area contributed by atoms with E-state index in [0.29, 0.717) is 18.7 Å². The summed E-state index contributed by atoms with van der Waals surface area (Å²) in [4.78, 5) is 30.3. The molecule has 6 heteroatoms. The summed E-state index contributed by atoms with van der Waals surface area (Å²) >= 11 is 0. The van der Waals surface area contributed by atoms with E-state index in [1.54, 1.807) is 24.3 Å². The van der Waals surface area contributed by atoms with Crippen LogP contribution in [0, 0.1) is 17.7 Å². The van der Waals surface area contributed by atoms with E-state index in [9.17, 15) is 14.0 Å². The van der Waals surface area contributed by atoms with Gasteiger partial charge in [0.05, 0.1) is 11.8 Å². The van der Waals surface area contributed by atoms with E-state index in [-0.39, 0.29) is 29.5 Å². The molecular formula is C19H20FN3O2. The fraction of sp³-hybridized carbons (Fsp3) is 0.316. The van der Waals surface area contributed by atoms with Crippen LogP contribution in [0.15, 0.2) is 48.8 Å². The Balaban J connectivity index is 1.47. The van der Waals surface area contributed by atoms with Crippen LogP contribution in [0.25, 0.3) is 0 Å². The molecule has 2 atom stereocenters. The Morgan fingerprint density at radius 1 is 1.16 bits per heavy atom. The molecule has 0 saturated heterocycles. The number of hydrogen-bond acceptors (Lipinski definition) is 3. The highest BCUT2D eigenvalue weighted by Gasteiger charge is 2.48. The summed E-state index contributed by atoms with van der Waals surface area (Å²) in [7, 11) is 1.76. The molecule has 0 bridgehead atoms. The molecule has 0 spiro atoms. The van der Waals surface area contributed by atoms with Gasteiger partial charge in [-0.2, -0.15) is 0 Å². The van der Waals surface area contributed by atoms with Crippen LogP contribution in [-0.4, -0.2) is 35.3 Å². The Hall–Kier alpha value is -2.76. The fourth-order valence-corrected chi connectivity index (χ4v) is 2.77. The molecule has 2 aromatic rings. The summed E-state index contributed by atoms with van der Waals surface area (Å²) in [6, 6.07) is 9.44. The van der Waals surface area contributed by atoms with Crippen molar-refractivity contribution in [3.8, 4) is 0 Å². The van der Waals surface area contributed by atoms with Crippen molar-refractivity contribution in [1.82, 2.24) is 9.88 Å². The van der Waals surface area contributed by atoms with Crippen LogP contribution in [0.1, 0.15) is 12.0 Å². The van der Waals surface area contributed by atoms with E-state index >= 15 is 0 Å². The largest absolute Gasteiger partial charge is 0.345 e. The van der Waals surface area contributed by atoms with Gasteiger partial charge in [0.2, 0.25) is 11.8 Å². The molecule has 1 heterocycles. The van der Waals surface area contributed by atoms with Gasteiger partial charge in [-0.05, 0) is 54.8 Å². The van der Waals surface area contributed by atoms with Crippen molar-refractivity contribution in [1.29, 1.82) is 0 Å². The number of benzene rings is 1. The minimum absolute atomic E-state index is 0.00619. The summed E-state index contributed by atoms with van der Waals surface area (Å²) in [6.07, 6.45) is 4.77. The number of pyridine rings is 1. The first-order chi connectivity index (χ1) is 12.0. The van der Waals surface area contributed by atoms with Gasteiger partial charge in [-0.3, -0.25) is 14.6 Å². The van der Waals surface area contributed by atoms with Crippen molar-refractivity contribution < 1.29 is 14.0 Å². The second-order valence-electron chi connectivity index (χ2n) is 6.31. The van der Waals surface area contributed by atoms with Gasteiger partial charge in [-0.25, -0.2) is 4.39 Å². The molecule has 1 aromatic heterocycles. The minimum Gasteiger partial charge on any atom is -0.345 e. The van der Waals surface area contributed by atoms with Crippen LogP contribution in [0.3, 0.4) is 0 Å². The van der Waals surface area contributed by atoms with Crippen LogP contribution >= 0.6 is 0 Å². The SMILES string of the molecule is CN(CCc1ccncc1)C(=O)C1CC1C(=O)Nc1ccc(F)cc1. The standard InChI is InChI=1S/C19H20FN3O2/c1-23(11-8-13-6-9-21-10-7-13)19(25)17-12-16(17)18(24)22-15-4-2-14(20)3-5-15/h2-7,9-10,16-17H,8,11-12H2,1H3,(H,22,24). The number of rotatable bonds is 6. The van der Waals surface area contributed by atoms with E-state index in [1.165, 1.54) is 24.3 Å². The first-order valence-corrected chi connectivity index (χ1v) is 8.25. The van der Waals surface area contributed by atoms with Crippen LogP contribution < -0.4 is 5.32 Å². The summed E-state index contributed by atoms with van der Waals surface area (Å²) in [5, 5.41) is 2.73. The number of amides is 2. The maximum Gasteiger partial charge on any atom is 0.228 e. The van der Waals surface area contributed by atoms with Gasteiger partial charge in [0.1, 0.15) is 5.82 Å². The Labute approximate surface area is 145 Å². The van der Waals surface area contributed by atoms with Gasteiger partial charge in [-0.1, -0.05) is 0 Å². The molecule has 1 aromatic carbocycles. The number of carbonyl (C=O) groups excluding carboxylic acids is 2. The van der Waals surface area contributed by atoms with Gasteiger partial charge in [0.25, 0.3) is 0 Å². The molecule has 25 heavy (non-hydrogen) atoms. The van der Waals surface area contributed by atoms with Crippen molar-refractivity contribution in [3.05, 3.63) is 60.2 Å². The highest BCUT2D eigenvalue weighted by atomic mass is 19.1. The predicted octanol–water partition coefficient (Wildman–Crippen LogP) is 2.50. The van der Waals surface area contributed by atoms with Gasteiger partial charge in [0.15, 0.2) is 0 Å². The van der Waals surface area contributed by atoms with Crippen molar-refractivity contribution >= 4 is 17.5 Å². The van der Waals surface area contributed by atoms with E-state index < -0.39 is 0 Å². The minimum atomic E-state index is -0.353. The summed E-state index contributed by atoms with van der Waals surface area (Å²) in [6.45, 7) is 0.603. The van der Waals surface area contributed by atoms with E-state index in [2.05, 4.69) is 10.3 Å². The third-order valence-electron chi connectivity index (χ3n) is 4.42. The Morgan fingerprint density at radius 2 is 1.84 bits per heavy atom. The molecule has 5 nitrogen and oxygen atoms in total. The quantitative estimate of drug-likeness (QED) is 0.878. The molecule has 1 N–H and O–H groups in total. The van der Waals surface area contributed by atoms with E-state index in [4.69, 9.17) is 0 Å². The Morgan fingerprint density at radius 3 is 2.52 bits per heavy atom. The number of likely N-dealkylation sites (N-methyl/N-ethyl adjacent to an activating group) is 1. The highest BCUT2D eigenvalue weighted by Crippen LogP contribution is 2.40. The smallest absolute Gasteiger partial charge is 0.228 e. The number of carbonyl (C=O) groups is 2. The van der Waals surface area contributed by atoms with Gasteiger partial charge >= 0.3 is 0 Å². The summed E-state index contributed by atoms with van der Waals surface area (Å²) < 4.78 is 12.9. The monoisotopic (exact) mass is 341 g/mol. The lowest BCUT2D eigenvalue weighted by Crippen LogP contribution is -2.31. The van der Waals surface area contributed by atoms with Crippen LogP contribution in [0.5, 0.6) is 0 Å². The molecule has 0 aliphatic heterocycles. The molecule has 2 amide bonds. The second-order valence-corrected chi connectivity index (χ2v) is 6.31. The third kappa shape index (κ3) is 4.41. The third-order valence-corrected chi connectivity index (χ3v) is 4.42. The zero-order valence-electron chi connectivity index (χ0n) is 14.0. The molecule has 130 valence electrons. The lowest BCUT2D eigenvalue weighted by Gasteiger charge is -2.17. The zero-order valence-corrected chi connectivity index (χ0v) is 14.0. The number of anilines is 1. The van der Waals surface area contributed by atoms with Crippen molar-refractivity contribution in [2.45, 2.75) is 12.8 Å². The Kier molecular flexibility index (Phi) is 5.07. The number of aromatic nitrogens is 1. The predicted molar refractivity (Wildman–Crippen MR) is 92.2 cm³/mol. The van der Waals surface area contributed by atoms with Crippen molar-refractivity contribution in [2.75, 3.05) is 18.9 Å². The van der Waals surface area contributed by atoms with E-state index in [1.807, 2.05) is 12.1 Å². The molecule has 0 radical (unpaired) electrons. The number of nitrogens with one attached hydrogen (secondary N) is 1. The maximum absolute atomic E-state index is 12.9. The fourth-order valence-electron chi connectivity index (χ4n) is 2.77. The lowest BCUT2D eigenvalue weighted by atomic mass is 10.2.